The number of nitrogens with one attached hydrogen (secondary N) is 1. The van der Waals surface area contributed by atoms with Crippen LogP contribution in [0.5, 0.6) is 0 Å². The van der Waals surface area contributed by atoms with Crippen molar-refractivity contribution in [1.82, 2.24) is 5.43 Å². The lowest BCUT2D eigenvalue weighted by Crippen LogP contribution is -2.24. The van der Waals surface area contributed by atoms with Gasteiger partial charge in [-0.1, -0.05) is 11.6 Å². The molecule has 0 aliphatic heterocycles. The molecule has 5 nitrogen and oxygen atoms in total. The van der Waals surface area contributed by atoms with Crippen molar-refractivity contribution in [2.75, 3.05) is 4.53 Å². The van der Waals surface area contributed by atoms with Crippen LogP contribution in [0.15, 0.2) is 30.0 Å². The molecule has 0 unspecified atom stereocenters. The predicted molar refractivity (Wildman–Crippen MR) is 66.9 cm³/mol. The standard InChI is InChI=1S/C11H5Cl2N5/c12-11-2-1-10(3-9(11)6-16)18(13)17-7-8(4-14)5-15/h1-3,7,17H. The Bertz CT molecular complexity index is 587. The molecule has 0 aliphatic rings. The lowest BCUT2D eigenvalue weighted by molar-refractivity contribution is 0.946. The second-order valence-electron chi connectivity index (χ2n) is 2.97. The van der Waals surface area contributed by atoms with Crippen molar-refractivity contribution < 1.29 is 0 Å². The van der Waals surface area contributed by atoms with E-state index in [1.807, 2.05) is 6.07 Å². The molecule has 0 fully saturated rings. The Balaban J connectivity index is 2.90. The van der Waals surface area contributed by atoms with Gasteiger partial charge in [0.1, 0.15) is 23.8 Å². The smallest absolute Gasteiger partial charge is 0.147 e. The minimum absolute atomic E-state index is 0.130. The maximum absolute atomic E-state index is 8.80. The monoisotopic (exact) mass is 277 g/mol. The van der Waals surface area contributed by atoms with Crippen LogP contribution in [0.2, 0.25) is 5.02 Å². The first-order chi connectivity index (χ1) is 8.62. The van der Waals surface area contributed by atoms with Crippen LogP contribution in [0.1, 0.15) is 5.56 Å². The molecule has 18 heavy (non-hydrogen) atoms. The van der Waals surface area contributed by atoms with Gasteiger partial charge in [-0.2, -0.15) is 20.3 Å². The average molecular weight is 278 g/mol. The zero-order valence-corrected chi connectivity index (χ0v) is 10.4. The van der Waals surface area contributed by atoms with Crippen molar-refractivity contribution in [2.24, 2.45) is 0 Å². The summed E-state index contributed by atoms with van der Waals surface area (Å²) in [6.45, 7) is 0. The molecule has 1 aromatic rings. The van der Waals surface area contributed by atoms with Gasteiger partial charge < -0.3 is 0 Å². The number of allylic oxidation sites excluding steroid dienone is 1. The van der Waals surface area contributed by atoms with Gasteiger partial charge in [-0.25, -0.2) is 0 Å². The molecule has 1 rings (SSSR count). The van der Waals surface area contributed by atoms with Gasteiger partial charge in [0.15, 0.2) is 0 Å². The quantitative estimate of drug-likeness (QED) is 0.521. The van der Waals surface area contributed by atoms with Crippen LogP contribution in [0.4, 0.5) is 5.69 Å². The van der Waals surface area contributed by atoms with Gasteiger partial charge in [-0.05, 0) is 18.2 Å². The summed E-state index contributed by atoms with van der Waals surface area (Å²) >= 11 is 11.6. The predicted octanol–water partition coefficient (Wildman–Crippen LogP) is 2.61. The van der Waals surface area contributed by atoms with Gasteiger partial charge in [0, 0.05) is 18.0 Å². The summed E-state index contributed by atoms with van der Waals surface area (Å²) < 4.78 is 1.03. The fraction of sp³-hybridized carbons (Fsp3) is 0. The summed E-state index contributed by atoms with van der Waals surface area (Å²) in [6, 6.07) is 9.82. The Hall–Kier alpha value is -2.39. The number of halogens is 2. The number of nitrogens with zero attached hydrogens (tertiary/aromatic N) is 4. The minimum atomic E-state index is -0.130. The molecule has 1 N–H and O–H groups in total. The van der Waals surface area contributed by atoms with Crippen LogP contribution < -0.4 is 9.95 Å². The Morgan fingerprint density at radius 1 is 1.28 bits per heavy atom. The van der Waals surface area contributed by atoms with E-state index < -0.39 is 0 Å². The van der Waals surface area contributed by atoms with Crippen molar-refractivity contribution in [2.45, 2.75) is 0 Å². The molecule has 0 spiro atoms. The molecule has 0 aliphatic carbocycles. The third kappa shape index (κ3) is 3.30. The van der Waals surface area contributed by atoms with Gasteiger partial charge in [-0.15, -0.1) is 0 Å². The van der Waals surface area contributed by atoms with E-state index >= 15 is 0 Å². The highest BCUT2D eigenvalue weighted by Crippen LogP contribution is 2.22. The number of hydrazine groups is 1. The second-order valence-corrected chi connectivity index (χ2v) is 3.71. The summed E-state index contributed by atoms with van der Waals surface area (Å²) in [5.41, 5.74) is 3.10. The van der Waals surface area contributed by atoms with E-state index in [-0.39, 0.29) is 11.1 Å². The maximum Gasteiger partial charge on any atom is 0.147 e. The largest absolute Gasteiger partial charge is 0.289 e. The number of rotatable bonds is 3. The van der Waals surface area contributed by atoms with E-state index in [0.717, 1.165) is 10.7 Å². The van der Waals surface area contributed by atoms with Crippen molar-refractivity contribution in [3.63, 3.8) is 0 Å². The van der Waals surface area contributed by atoms with E-state index in [1.165, 1.54) is 12.1 Å². The molecule has 1 aromatic carbocycles. The number of nitriles is 3. The van der Waals surface area contributed by atoms with E-state index in [0.29, 0.717) is 10.7 Å². The first kappa shape index (κ1) is 13.7. The van der Waals surface area contributed by atoms with Crippen LogP contribution in [0, 0.1) is 34.0 Å². The molecule has 0 radical (unpaired) electrons. The first-order valence-corrected chi connectivity index (χ1v) is 5.26. The van der Waals surface area contributed by atoms with Crippen LogP contribution in [-0.2, 0) is 0 Å². The zero-order valence-electron chi connectivity index (χ0n) is 8.85. The molecular formula is C11H5Cl2N5. The van der Waals surface area contributed by atoms with Crippen LogP contribution in [0.3, 0.4) is 0 Å². The van der Waals surface area contributed by atoms with Crippen LogP contribution >= 0.6 is 23.4 Å². The van der Waals surface area contributed by atoms with Gasteiger partial charge >= 0.3 is 0 Å². The fourth-order valence-corrected chi connectivity index (χ4v) is 1.32. The Labute approximate surface area is 114 Å². The maximum atomic E-state index is 8.80. The lowest BCUT2D eigenvalue weighted by atomic mass is 10.2. The topological polar surface area (TPSA) is 86.6 Å². The van der Waals surface area contributed by atoms with Gasteiger partial charge in [0.25, 0.3) is 0 Å². The van der Waals surface area contributed by atoms with Crippen molar-refractivity contribution in [3.05, 3.63) is 40.6 Å². The summed E-state index contributed by atoms with van der Waals surface area (Å²) in [6.07, 6.45) is 1.15. The van der Waals surface area contributed by atoms with Gasteiger partial charge in [0.2, 0.25) is 0 Å². The number of hydrogen-bond donors (Lipinski definition) is 1. The highest BCUT2D eigenvalue weighted by Gasteiger charge is 2.06. The summed E-state index contributed by atoms with van der Waals surface area (Å²) in [7, 11) is 0. The minimum Gasteiger partial charge on any atom is -0.289 e. The van der Waals surface area contributed by atoms with Crippen molar-refractivity contribution in [3.8, 4) is 18.2 Å². The zero-order chi connectivity index (χ0) is 13.5. The van der Waals surface area contributed by atoms with E-state index in [1.54, 1.807) is 18.2 Å². The molecule has 7 heteroatoms. The normalized spacial score (nSPS) is 8.39. The molecular weight excluding hydrogens is 273 g/mol. The third-order valence-corrected chi connectivity index (χ3v) is 2.48. The highest BCUT2D eigenvalue weighted by molar-refractivity contribution is 6.32. The molecule has 88 valence electrons. The Kier molecular flexibility index (Phi) is 4.84. The number of anilines is 1. The van der Waals surface area contributed by atoms with Crippen molar-refractivity contribution in [1.29, 1.82) is 15.8 Å². The molecule has 0 saturated heterocycles. The van der Waals surface area contributed by atoms with Crippen LogP contribution in [0.25, 0.3) is 0 Å². The molecule has 0 aromatic heterocycles. The number of benzene rings is 1. The SMILES string of the molecule is N#CC(C#N)=CNN(Cl)c1ccc(Cl)c(C#N)c1. The average Bonchev–Trinajstić information content (AvgIpc) is 2.40. The lowest BCUT2D eigenvalue weighted by Gasteiger charge is -2.15. The Morgan fingerprint density at radius 3 is 2.50 bits per heavy atom. The Morgan fingerprint density at radius 2 is 1.94 bits per heavy atom. The van der Waals surface area contributed by atoms with Crippen LogP contribution in [-0.4, -0.2) is 0 Å². The van der Waals surface area contributed by atoms with Gasteiger partial charge in [-0.3, -0.25) is 5.43 Å². The van der Waals surface area contributed by atoms with E-state index in [4.69, 9.17) is 39.2 Å². The van der Waals surface area contributed by atoms with E-state index in [9.17, 15) is 0 Å². The third-order valence-electron chi connectivity index (χ3n) is 1.86. The molecule has 0 saturated carbocycles. The molecule has 0 heterocycles. The summed E-state index contributed by atoms with van der Waals surface area (Å²) in [5.74, 6) is 0. The molecule has 0 bridgehead atoms. The number of hydrogen-bond acceptors (Lipinski definition) is 5. The summed E-state index contributed by atoms with van der Waals surface area (Å²) in [5, 5.41) is 26.2. The molecule has 0 atom stereocenters. The van der Waals surface area contributed by atoms with Gasteiger partial charge in [0.05, 0.1) is 16.3 Å². The van der Waals surface area contributed by atoms with Crippen molar-refractivity contribution >= 4 is 29.1 Å². The first-order valence-electron chi connectivity index (χ1n) is 4.54. The second kappa shape index (κ2) is 6.37. The fourth-order valence-electron chi connectivity index (χ4n) is 1.01. The van der Waals surface area contributed by atoms with E-state index in [2.05, 4.69) is 5.43 Å². The summed E-state index contributed by atoms with van der Waals surface area (Å²) in [4.78, 5) is 0. The molecule has 0 amide bonds. The highest BCUT2D eigenvalue weighted by atomic mass is 35.5.